The summed E-state index contributed by atoms with van der Waals surface area (Å²) in [5.74, 6) is -1.07. The van der Waals surface area contributed by atoms with E-state index >= 15 is 0 Å². The summed E-state index contributed by atoms with van der Waals surface area (Å²) in [4.78, 5) is 13.1. The highest BCUT2D eigenvalue weighted by atomic mass is 32.2. The highest BCUT2D eigenvalue weighted by Gasteiger charge is 2.18. The van der Waals surface area contributed by atoms with E-state index in [-0.39, 0.29) is 5.69 Å². The first-order valence-corrected chi connectivity index (χ1v) is 7.20. The molecule has 21 heavy (non-hydrogen) atoms. The molecule has 0 aliphatic carbocycles. The zero-order chi connectivity index (χ0) is 14.8. The molecule has 2 aromatic carbocycles. The maximum absolute atomic E-state index is 11.4. The first-order chi connectivity index (χ1) is 10.2. The first-order valence-electron chi connectivity index (χ1n) is 6.39. The molecule has 1 aromatic heterocycles. The van der Waals surface area contributed by atoms with Crippen LogP contribution in [0, 0.1) is 6.92 Å². The third kappa shape index (κ3) is 2.60. The molecule has 0 aliphatic rings. The number of carboxylic acids is 1. The van der Waals surface area contributed by atoms with Crippen LogP contribution in [0.1, 0.15) is 16.1 Å². The maximum Gasteiger partial charge on any atom is 0.357 e. The quantitative estimate of drug-likeness (QED) is 0.796. The molecule has 0 radical (unpaired) electrons. The molecule has 3 aromatic rings. The lowest BCUT2D eigenvalue weighted by Crippen LogP contribution is -2.05. The first kappa shape index (κ1) is 13.6. The number of benzene rings is 2. The zero-order valence-electron chi connectivity index (χ0n) is 11.3. The third-order valence-electron chi connectivity index (χ3n) is 3.13. The fraction of sp³-hybridized carbons (Fsp3) is 0.0625. The molecule has 0 atom stereocenters. The molecule has 0 spiro atoms. The van der Waals surface area contributed by atoms with Crippen molar-refractivity contribution in [2.75, 3.05) is 0 Å². The normalized spacial score (nSPS) is 10.7. The van der Waals surface area contributed by atoms with Crippen molar-refractivity contribution in [3.05, 3.63) is 59.8 Å². The summed E-state index contributed by atoms with van der Waals surface area (Å²) < 4.78 is 0. The van der Waals surface area contributed by atoms with Crippen molar-refractivity contribution in [2.45, 2.75) is 16.7 Å². The molecule has 1 N–H and O–H groups in total. The largest absolute Gasteiger partial charge is 0.476 e. The van der Waals surface area contributed by atoms with E-state index in [1.54, 1.807) is 0 Å². The Labute approximate surface area is 125 Å². The molecule has 0 aliphatic heterocycles. The van der Waals surface area contributed by atoms with Crippen molar-refractivity contribution in [3.63, 3.8) is 0 Å². The van der Waals surface area contributed by atoms with Gasteiger partial charge in [-0.15, -0.1) is 10.2 Å². The second-order valence-corrected chi connectivity index (χ2v) is 5.62. The van der Waals surface area contributed by atoms with Crippen molar-refractivity contribution in [2.24, 2.45) is 0 Å². The third-order valence-corrected chi connectivity index (χ3v) is 4.43. The standard InChI is InChI=1S/C16H12N2O2S/c1-10-6-2-5-9-13(10)21-15-11-7-3-4-8-12(11)17-18-14(15)16(19)20/h2-9H,1H3,(H,19,20). The Morgan fingerprint density at radius 3 is 2.52 bits per heavy atom. The molecule has 0 amide bonds. The van der Waals surface area contributed by atoms with Crippen molar-refractivity contribution < 1.29 is 9.90 Å². The average molecular weight is 296 g/mol. The summed E-state index contributed by atoms with van der Waals surface area (Å²) in [6.45, 7) is 2.00. The summed E-state index contributed by atoms with van der Waals surface area (Å²) in [7, 11) is 0. The molecule has 1 heterocycles. The Hall–Kier alpha value is -2.40. The van der Waals surface area contributed by atoms with Crippen LogP contribution in [0.15, 0.2) is 58.3 Å². The molecule has 0 saturated heterocycles. The fourth-order valence-corrected chi connectivity index (χ4v) is 3.16. The average Bonchev–Trinajstić information content (AvgIpc) is 2.49. The predicted octanol–water partition coefficient (Wildman–Crippen LogP) is 3.79. The topological polar surface area (TPSA) is 63.1 Å². The molecule has 0 fully saturated rings. The van der Waals surface area contributed by atoms with Crippen LogP contribution in [0.3, 0.4) is 0 Å². The summed E-state index contributed by atoms with van der Waals surface area (Å²) in [6, 6.07) is 15.3. The lowest BCUT2D eigenvalue weighted by Gasteiger charge is -2.10. The highest BCUT2D eigenvalue weighted by molar-refractivity contribution is 7.99. The van der Waals surface area contributed by atoms with Crippen LogP contribution >= 0.6 is 11.8 Å². The van der Waals surface area contributed by atoms with Crippen molar-refractivity contribution >= 4 is 28.6 Å². The SMILES string of the molecule is Cc1ccccc1Sc1c(C(=O)O)nnc2ccccc12. The van der Waals surface area contributed by atoms with Crippen molar-refractivity contribution in [1.82, 2.24) is 10.2 Å². The number of carbonyl (C=O) groups is 1. The van der Waals surface area contributed by atoms with Gasteiger partial charge in [0, 0.05) is 10.3 Å². The van der Waals surface area contributed by atoms with Gasteiger partial charge in [-0.3, -0.25) is 0 Å². The van der Waals surface area contributed by atoms with Gasteiger partial charge in [-0.05, 0) is 24.6 Å². The second kappa shape index (κ2) is 5.54. The minimum Gasteiger partial charge on any atom is -0.476 e. The van der Waals surface area contributed by atoms with Crippen LogP contribution in [0.4, 0.5) is 0 Å². The van der Waals surface area contributed by atoms with Crippen LogP contribution in [-0.4, -0.2) is 21.3 Å². The molecule has 3 rings (SSSR count). The van der Waals surface area contributed by atoms with E-state index in [4.69, 9.17) is 0 Å². The molecular formula is C16H12N2O2S. The van der Waals surface area contributed by atoms with E-state index in [2.05, 4.69) is 10.2 Å². The minimum atomic E-state index is -1.07. The number of hydrogen-bond donors (Lipinski definition) is 1. The van der Waals surface area contributed by atoms with Gasteiger partial charge in [-0.2, -0.15) is 0 Å². The van der Waals surface area contributed by atoms with Gasteiger partial charge in [0.2, 0.25) is 0 Å². The Balaban J connectivity index is 2.21. The van der Waals surface area contributed by atoms with E-state index in [9.17, 15) is 9.90 Å². The molecule has 0 saturated carbocycles. The lowest BCUT2D eigenvalue weighted by atomic mass is 10.2. The van der Waals surface area contributed by atoms with Crippen LogP contribution in [0.5, 0.6) is 0 Å². The number of aromatic carboxylic acids is 1. The Morgan fingerprint density at radius 1 is 1.05 bits per heavy atom. The number of nitrogens with zero attached hydrogens (tertiary/aromatic N) is 2. The zero-order valence-corrected chi connectivity index (χ0v) is 12.1. The van der Waals surface area contributed by atoms with Crippen LogP contribution in [0.25, 0.3) is 10.9 Å². The number of aromatic nitrogens is 2. The van der Waals surface area contributed by atoms with E-state index < -0.39 is 5.97 Å². The van der Waals surface area contributed by atoms with Gasteiger partial charge in [0.1, 0.15) is 0 Å². The lowest BCUT2D eigenvalue weighted by molar-refractivity contribution is 0.0685. The van der Waals surface area contributed by atoms with Gasteiger partial charge >= 0.3 is 5.97 Å². The Bertz CT molecular complexity index is 833. The fourth-order valence-electron chi connectivity index (χ4n) is 2.05. The number of rotatable bonds is 3. The summed E-state index contributed by atoms with van der Waals surface area (Å²) in [5, 5.41) is 18.0. The molecule has 0 bridgehead atoms. The van der Waals surface area contributed by atoms with Gasteiger partial charge in [0.05, 0.1) is 10.4 Å². The predicted molar refractivity (Wildman–Crippen MR) is 81.8 cm³/mol. The Kier molecular flexibility index (Phi) is 3.58. The number of aryl methyl sites for hydroxylation is 1. The molecule has 4 nitrogen and oxygen atoms in total. The van der Waals surface area contributed by atoms with Crippen molar-refractivity contribution in [1.29, 1.82) is 0 Å². The van der Waals surface area contributed by atoms with E-state index in [1.807, 2.05) is 55.5 Å². The molecule has 104 valence electrons. The molecule has 0 unspecified atom stereocenters. The van der Waals surface area contributed by atoms with Gasteiger partial charge in [-0.25, -0.2) is 4.79 Å². The maximum atomic E-state index is 11.4. The van der Waals surface area contributed by atoms with E-state index in [0.29, 0.717) is 10.4 Å². The smallest absolute Gasteiger partial charge is 0.357 e. The van der Waals surface area contributed by atoms with Gasteiger partial charge in [0.25, 0.3) is 0 Å². The number of hydrogen-bond acceptors (Lipinski definition) is 4. The molecule has 5 heteroatoms. The van der Waals surface area contributed by atoms with Crippen molar-refractivity contribution in [3.8, 4) is 0 Å². The summed E-state index contributed by atoms with van der Waals surface area (Å²) >= 11 is 1.42. The highest BCUT2D eigenvalue weighted by Crippen LogP contribution is 2.36. The Morgan fingerprint density at radius 2 is 1.76 bits per heavy atom. The van der Waals surface area contributed by atoms with E-state index in [0.717, 1.165) is 15.8 Å². The molecular weight excluding hydrogens is 284 g/mol. The summed E-state index contributed by atoms with van der Waals surface area (Å²) in [6.07, 6.45) is 0. The number of carboxylic acid groups (broad SMARTS) is 1. The monoisotopic (exact) mass is 296 g/mol. The second-order valence-electron chi connectivity index (χ2n) is 4.57. The van der Waals surface area contributed by atoms with Crippen LogP contribution in [0.2, 0.25) is 0 Å². The van der Waals surface area contributed by atoms with Gasteiger partial charge in [0.15, 0.2) is 5.69 Å². The van der Waals surface area contributed by atoms with E-state index in [1.165, 1.54) is 11.8 Å². The van der Waals surface area contributed by atoms with Gasteiger partial charge < -0.3 is 5.11 Å². The number of fused-ring (bicyclic) bond motifs is 1. The summed E-state index contributed by atoms with van der Waals surface area (Å²) in [5.41, 5.74) is 1.78. The minimum absolute atomic E-state index is 0.0121. The van der Waals surface area contributed by atoms with Gasteiger partial charge in [-0.1, -0.05) is 48.2 Å². The van der Waals surface area contributed by atoms with Crippen LogP contribution in [-0.2, 0) is 0 Å². The van der Waals surface area contributed by atoms with Crippen LogP contribution < -0.4 is 0 Å².